The molecule has 1 amide bonds. The Kier molecular flexibility index (Phi) is 3.39. The lowest BCUT2D eigenvalue weighted by Gasteiger charge is -2.15. The van der Waals surface area contributed by atoms with Crippen LogP contribution >= 0.6 is 11.3 Å². The van der Waals surface area contributed by atoms with Crippen LogP contribution in [0.5, 0.6) is 0 Å². The van der Waals surface area contributed by atoms with Gasteiger partial charge in [-0.1, -0.05) is 0 Å². The molecule has 4 nitrogen and oxygen atoms in total. The van der Waals surface area contributed by atoms with Gasteiger partial charge in [-0.2, -0.15) is 0 Å². The zero-order chi connectivity index (χ0) is 9.84. The van der Waals surface area contributed by atoms with Crippen molar-refractivity contribution in [2.24, 2.45) is 5.73 Å². The van der Waals surface area contributed by atoms with Crippen molar-refractivity contribution in [3.05, 3.63) is 16.6 Å². The van der Waals surface area contributed by atoms with Gasteiger partial charge in [-0.25, -0.2) is 0 Å². The lowest BCUT2D eigenvalue weighted by Crippen LogP contribution is -2.39. The third-order valence-corrected chi connectivity index (χ3v) is 2.76. The molecule has 2 unspecified atom stereocenters. The van der Waals surface area contributed by atoms with E-state index in [1.165, 1.54) is 0 Å². The number of carbonyl (C=O) groups is 1. The van der Waals surface area contributed by atoms with Crippen molar-refractivity contribution in [2.45, 2.75) is 25.9 Å². The largest absolute Gasteiger partial charge is 0.368 e. The van der Waals surface area contributed by atoms with Gasteiger partial charge in [0.1, 0.15) is 0 Å². The van der Waals surface area contributed by atoms with Gasteiger partial charge in [-0.05, 0) is 13.8 Å². The minimum absolute atomic E-state index is 0.120. The van der Waals surface area contributed by atoms with Crippen molar-refractivity contribution in [3.63, 3.8) is 0 Å². The van der Waals surface area contributed by atoms with Crippen LogP contribution < -0.4 is 11.1 Å². The molecule has 0 radical (unpaired) electrons. The van der Waals surface area contributed by atoms with Crippen molar-refractivity contribution in [1.82, 2.24) is 10.3 Å². The Morgan fingerprint density at radius 1 is 1.69 bits per heavy atom. The fourth-order valence-corrected chi connectivity index (χ4v) is 1.62. The summed E-state index contributed by atoms with van der Waals surface area (Å²) >= 11 is 1.56. The van der Waals surface area contributed by atoms with Crippen LogP contribution in [0.4, 0.5) is 0 Å². The number of nitrogens with two attached hydrogens (primary N) is 1. The molecule has 3 N–H and O–H groups in total. The predicted octanol–water partition coefficient (Wildman–Crippen LogP) is 0.668. The van der Waals surface area contributed by atoms with Crippen LogP contribution in [0.2, 0.25) is 0 Å². The Hall–Kier alpha value is -0.940. The number of carbonyl (C=O) groups excluding carboxylic acids is 1. The molecule has 0 aliphatic rings. The summed E-state index contributed by atoms with van der Waals surface area (Å²) in [6, 6.07) is -0.188. The summed E-state index contributed by atoms with van der Waals surface area (Å²) in [7, 11) is 0. The molecular weight excluding hydrogens is 186 g/mol. The maximum absolute atomic E-state index is 10.8. The van der Waals surface area contributed by atoms with Crippen LogP contribution in [0.1, 0.15) is 24.8 Å². The zero-order valence-corrected chi connectivity index (χ0v) is 8.47. The predicted molar refractivity (Wildman–Crippen MR) is 52.3 cm³/mol. The van der Waals surface area contributed by atoms with Gasteiger partial charge < -0.3 is 5.73 Å². The molecule has 1 rings (SSSR count). The lowest BCUT2D eigenvalue weighted by atomic mass is 10.2. The Morgan fingerprint density at radius 3 is 2.85 bits per heavy atom. The third-order valence-electron chi connectivity index (χ3n) is 1.80. The van der Waals surface area contributed by atoms with Crippen molar-refractivity contribution in [3.8, 4) is 0 Å². The highest BCUT2D eigenvalue weighted by Gasteiger charge is 2.13. The highest BCUT2D eigenvalue weighted by molar-refractivity contribution is 7.09. The zero-order valence-electron chi connectivity index (χ0n) is 7.65. The molecule has 13 heavy (non-hydrogen) atoms. The minimum Gasteiger partial charge on any atom is -0.368 e. The fraction of sp³-hybridized carbons (Fsp3) is 0.500. The smallest absolute Gasteiger partial charge is 0.234 e. The first-order chi connectivity index (χ1) is 6.11. The molecule has 0 fully saturated rings. The Balaban J connectivity index is 2.51. The molecule has 0 saturated heterocycles. The first-order valence-corrected chi connectivity index (χ1v) is 4.93. The van der Waals surface area contributed by atoms with Gasteiger partial charge in [0.2, 0.25) is 5.91 Å². The summed E-state index contributed by atoms with van der Waals surface area (Å²) in [6.07, 6.45) is 1.79. The van der Waals surface area contributed by atoms with E-state index >= 15 is 0 Å². The standard InChI is InChI=1S/C8H13N3OS/c1-5(7-3-10-4-13-7)11-6(2)8(9)12/h3-6,11H,1-2H3,(H2,9,12). The monoisotopic (exact) mass is 199 g/mol. The van der Waals surface area contributed by atoms with Gasteiger partial charge >= 0.3 is 0 Å². The van der Waals surface area contributed by atoms with E-state index in [2.05, 4.69) is 10.3 Å². The molecule has 0 bridgehead atoms. The highest BCUT2D eigenvalue weighted by atomic mass is 32.1. The number of nitrogens with one attached hydrogen (secondary N) is 1. The second-order valence-corrected chi connectivity index (χ2v) is 3.83. The molecule has 1 heterocycles. The Labute approximate surface area is 81.2 Å². The van der Waals surface area contributed by atoms with Crippen LogP contribution in [0.25, 0.3) is 0 Å². The molecule has 1 aromatic heterocycles. The molecule has 0 aliphatic carbocycles. The highest BCUT2D eigenvalue weighted by Crippen LogP contribution is 2.16. The second kappa shape index (κ2) is 4.34. The summed E-state index contributed by atoms with van der Waals surface area (Å²) in [5.41, 5.74) is 6.89. The number of nitrogens with zero attached hydrogens (tertiary/aromatic N) is 1. The molecule has 72 valence electrons. The summed E-state index contributed by atoms with van der Waals surface area (Å²) in [6.45, 7) is 3.73. The number of hydrogen-bond donors (Lipinski definition) is 2. The van der Waals surface area contributed by atoms with Gasteiger partial charge in [0.15, 0.2) is 0 Å². The normalized spacial score (nSPS) is 15.2. The van der Waals surface area contributed by atoms with Gasteiger partial charge in [0, 0.05) is 17.1 Å². The van der Waals surface area contributed by atoms with Crippen molar-refractivity contribution >= 4 is 17.2 Å². The van der Waals surface area contributed by atoms with E-state index in [1.54, 1.807) is 30.0 Å². The van der Waals surface area contributed by atoms with E-state index in [0.29, 0.717) is 0 Å². The van der Waals surface area contributed by atoms with Crippen LogP contribution in [-0.4, -0.2) is 16.9 Å². The quantitative estimate of drug-likeness (QED) is 0.748. The molecule has 5 heteroatoms. The number of thiazole rings is 1. The second-order valence-electron chi connectivity index (χ2n) is 2.92. The third kappa shape index (κ3) is 2.78. The number of aromatic nitrogens is 1. The SMILES string of the molecule is CC(NC(C)c1cncs1)C(N)=O. The molecule has 0 aromatic carbocycles. The fourth-order valence-electron chi connectivity index (χ4n) is 0.979. The molecular formula is C8H13N3OS. The van der Waals surface area contributed by atoms with Crippen LogP contribution in [0.15, 0.2) is 11.7 Å². The van der Waals surface area contributed by atoms with Gasteiger partial charge in [-0.15, -0.1) is 11.3 Å². The summed E-state index contributed by atoms with van der Waals surface area (Å²) in [5, 5.41) is 3.08. The number of amides is 1. The van der Waals surface area contributed by atoms with E-state index in [9.17, 15) is 4.79 Å². The maximum Gasteiger partial charge on any atom is 0.234 e. The van der Waals surface area contributed by atoms with Crippen molar-refractivity contribution in [1.29, 1.82) is 0 Å². The topological polar surface area (TPSA) is 68.0 Å². The van der Waals surface area contributed by atoms with E-state index in [0.717, 1.165) is 4.88 Å². The molecule has 0 spiro atoms. The summed E-state index contributed by atoms with van der Waals surface area (Å²) in [5.74, 6) is -0.337. The van der Waals surface area contributed by atoms with Crippen LogP contribution in [-0.2, 0) is 4.79 Å². The Morgan fingerprint density at radius 2 is 2.38 bits per heavy atom. The number of primary amides is 1. The maximum atomic E-state index is 10.8. The summed E-state index contributed by atoms with van der Waals surface area (Å²) in [4.78, 5) is 15.8. The first kappa shape index (κ1) is 10.1. The average molecular weight is 199 g/mol. The Bertz CT molecular complexity index is 273. The minimum atomic E-state index is -0.337. The number of hydrogen-bond acceptors (Lipinski definition) is 4. The van der Waals surface area contributed by atoms with Gasteiger partial charge in [0.05, 0.1) is 11.6 Å². The van der Waals surface area contributed by atoms with Gasteiger partial charge in [0.25, 0.3) is 0 Å². The van der Waals surface area contributed by atoms with E-state index < -0.39 is 0 Å². The molecule has 2 atom stereocenters. The van der Waals surface area contributed by atoms with Gasteiger partial charge in [-0.3, -0.25) is 15.1 Å². The van der Waals surface area contributed by atoms with Crippen LogP contribution in [0, 0.1) is 0 Å². The molecule has 0 aliphatic heterocycles. The molecule has 1 aromatic rings. The lowest BCUT2D eigenvalue weighted by molar-refractivity contribution is -0.119. The number of rotatable bonds is 4. The van der Waals surface area contributed by atoms with Crippen molar-refractivity contribution < 1.29 is 4.79 Å². The van der Waals surface area contributed by atoms with E-state index in [1.807, 2.05) is 6.92 Å². The first-order valence-electron chi connectivity index (χ1n) is 4.05. The summed E-state index contributed by atoms with van der Waals surface area (Å²) < 4.78 is 0. The van der Waals surface area contributed by atoms with Crippen molar-refractivity contribution in [2.75, 3.05) is 0 Å². The van der Waals surface area contributed by atoms with E-state index in [4.69, 9.17) is 5.73 Å². The average Bonchev–Trinajstić information content (AvgIpc) is 2.55. The van der Waals surface area contributed by atoms with E-state index in [-0.39, 0.29) is 18.0 Å². The molecule has 0 saturated carbocycles. The van der Waals surface area contributed by atoms with Crippen LogP contribution in [0.3, 0.4) is 0 Å².